The van der Waals surface area contributed by atoms with Crippen LogP contribution in [0, 0.1) is 5.82 Å². The van der Waals surface area contributed by atoms with E-state index in [0.717, 1.165) is 17.1 Å². The Labute approximate surface area is 215 Å². The molecule has 3 heterocycles. The average Bonchev–Trinajstić information content (AvgIpc) is 3.50. The number of carbonyl (C=O) groups is 2. The highest BCUT2D eigenvalue weighted by Crippen LogP contribution is 2.33. The number of anilines is 4. The SMILES string of the molecule is CCOC(=O)CCn1ncc2ccc(Nc3nc(Nc4c(C(=O)OC)oc5ccccc45)ncc3F)cc21. The van der Waals surface area contributed by atoms with E-state index >= 15 is 0 Å². The Kier molecular flexibility index (Phi) is 6.85. The molecule has 5 aromatic rings. The molecule has 0 amide bonds. The standard InChI is InChI=1S/C26H23FN6O5/c1-3-37-21(34)10-11-33-19-12-16(9-8-15(19)13-29-33)30-24-18(27)14-28-26(32-24)31-22-17-6-4-5-7-20(17)38-23(22)25(35)36-2/h4-9,12-14H,3,10-11H2,1-2H3,(H2,28,30,31,32). The maximum absolute atomic E-state index is 14.7. The monoisotopic (exact) mass is 518 g/mol. The van der Waals surface area contributed by atoms with Gasteiger partial charge in [-0.3, -0.25) is 9.48 Å². The Balaban J connectivity index is 1.41. The number of ether oxygens (including phenoxy) is 2. The lowest BCUT2D eigenvalue weighted by atomic mass is 10.2. The number of nitrogens with zero attached hydrogens (tertiary/aromatic N) is 4. The van der Waals surface area contributed by atoms with Gasteiger partial charge in [-0.2, -0.15) is 10.1 Å². The van der Waals surface area contributed by atoms with Crippen molar-refractivity contribution >= 4 is 57.0 Å². The number of fused-ring (bicyclic) bond motifs is 2. The molecular formula is C26H23FN6O5. The summed E-state index contributed by atoms with van der Waals surface area (Å²) in [4.78, 5) is 32.3. The van der Waals surface area contributed by atoms with Crippen LogP contribution >= 0.6 is 0 Å². The fraction of sp³-hybridized carbons (Fsp3) is 0.192. The number of halogens is 1. The van der Waals surface area contributed by atoms with Gasteiger partial charge < -0.3 is 24.5 Å². The number of carbonyl (C=O) groups excluding carboxylic acids is 2. The minimum atomic E-state index is -0.684. The molecule has 0 spiro atoms. The molecule has 2 N–H and O–H groups in total. The number of esters is 2. The second-order valence-corrected chi connectivity index (χ2v) is 8.13. The van der Waals surface area contributed by atoms with Crippen molar-refractivity contribution in [2.45, 2.75) is 19.9 Å². The third-order valence-electron chi connectivity index (χ3n) is 5.69. The molecule has 2 aromatic carbocycles. The predicted octanol–water partition coefficient (Wildman–Crippen LogP) is 4.94. The maximum Gasteiger partial charge on any atom is 0.376 e. The topological polar surface area (TPSA) is 133 Å². The summed E-state index contributed by atoms with van der Waals surface area (Å²) >= 11 is 0. The summed E-state index contributed by atoms with van der Waals surface area (Å²) in [6, 6.07) is 12.4. The molecule has 12 heteroatoms. The molecule has 0 aliphatic rings. The summed E-state index contributed by atoms with van der Waals surface area (Å²) in [7, 11) is 1.25. The Bertz CT molecular complexity index is 1650. The van der Waals surface area contributed by atoms with Gasteiger partial charge in [0, 0.05) is 16.5 Å². The van der Waals surface area contributed by atoms with E-state index in [1.807, 2.05) is 6.07 Å². The van der Waals surface area contributed by atoms with E-state index in [1.165, 1.54) is 7.11 Å². The minimum Gasteiger partial charge on any atom is -0.466 e. The maximum atomic E-state index is 14.7. The van der Waals surface area contributed by atoms with Crippen molar-refractivity contribution in [2.24, 2.45) is 0 Å². The first kappa shape index (κ1) is 24.7. The summed E-state index contributed by atoms with van der Waals surface area (Å²) in [6.45, 7) is 2.40. The smallest absolute Gasteiger partial charge is 0.376 e. The Morgan fingerprint density at radius 3 is 2.79 bits per heavy atom. The molecule has 0 radical (unpaired) electrons. The van der Waals surface area contributed by atoms with Crippen molar-refractivity contribution < 1.29 is 27.9 Å². The van der Waals surface area contributed by atoms with Crippen LogP contribution in [-0.4, -0.2) is 45.4 Å². The number of nitrogens with one attached hydrogen (secondary N) is 2. The molecule has 0 unspecified atom stereocenters. The van der Waals surface area contributed by atoms with Gasteiger partial charge in [0.25, 0.3) is 0 Å². The molecule has 0 bridgehead atoms. The molecular weight excluding hydrogens is 495 g/mol. The van der Waals surface area contributed by atoms with Crippen LogP contribution in [0.2, 0.25) is 0 Å². The lowest BCUT2D eigenvalue weighted by molar-refractivity contribution is -0.143. The van der Waals surface area contributed by atoms with E-state index < -0.39 is 11.8 Å². The van der Waals surface area contributed by atoms with Gasteiger partial charge in [0.15, 0.2) is 11.6 Å². The van der Waals surface area contributed by atoms with E-state index in [0.29, 0.717) is 35.5 Å². The number of hydrogen-bond acceptors (Lipinski definition) is 10. The third kappa shape index (κ3) is 4.96. The lowest BCUT2D eigenvalue weighted by Crippen LogP contribution is -2.09. The quantitative estimate of drug-likeness (QED) is 0.259. The van der Waals surface area contributed by atoms with E-state index in [2.05, 4.69) is 25.7 Å². The predicted molar refractivity (Wildman–Crippen MR) is 137 cm³/mol. The van der Waals surface area contributed by atoms with Crippen molar-refractivity contribution in [3.05, 3.63) is 66.4 Å². The highest BCUT2D eigenvalue weighted by atomic mass is 19.1. The van der Waals surface area contributed by atoms with E-state index in [-0.39, 0.29) is 29.9 Å². The van der Waals surface area contributed by atoms with E-state index in [9.17, 15) is 14.0 Å². The first-order valence-electron chi connectivity index (χ1n) is 11.7. The van der Waals surface area contributed by atoms with E-state index in [1.54, 1.807) is 54.2 Å². The second-order valence-electron chi connectivity index (χ2n) is 8.13. The molecule has 0 fully saturated rings. The Morgan fingerprint density at radius 1 is 1.13 bits per heavy atom. The number of rotatable bonds is 9. The van der Waals surface area contributed by atoms with Crippen molar-refractivity contribution in [2.75, 3.05) is 24.4 Å². The normalized spacial score (nSPS) is 11.0. The van der Waals surface area contributed by atoms with Gasteiger partial charge in [0.2, 0.25) is 11.7 Å². The zero-order valence-corrected chi connectivity index (χ0v) is 20.5. The molecule has 0 saturated heterocycles. The van der Waals surface area contributed by atoms with E-state index in [4.69, 9.17) is 13.9 Å². The molecule has 0 aliphatic heterocycles. The van der Waals surface area contributed by atoms with Crippen molar-refractivity contribution in [3.8, 4) is 0 Å². The molecule has 0 aliphatic carbocycles. The number of para-hydroxylation sites is 1. The average molecular weight is 519 g/mol. The van der Waals surface area contributed by atoms with Gasteiger partial charge in [0.1, 0.15) is 11.3 Å². The molecule has 38 heavy (non-hydrogen) atoms. The molecule has 5 rings (SSSR count). The molecule has 11 nitrogen and oxygen atoms in total. The summed E-state index contributed by atoms with van der Waals surface area (Å²) in [5.41, 5.74) is 2.06. The number of aromatic nitrogens is 4. The van der Waals surface area contributed by atoms with Gasteiger partial charge in [-0.25, -0.2) is 14.2 Å². The molecule has 0 atom stereocenters. The number of furan rings is 1. The summed E-state index contributed by atoms with van der Waals surface area (Å²) in [5.74, 6) is -1.79. The van der Waals surface area contributed by atoms with Crippen LogP contribution in [0.1, 0.15) is 23.9 Å². The summed E-state index contributed by atoms with van der Waals surface area (Å²) < 4.78 is 31.8. The second kappa shape index (κ2) is 10.5. The summed E-state index contributed by atoms with van der Waals surface area (Å²) in [6.07, 6.45) is 2.87. The van der Waals surface area contributed by atoms with Crippen LogP contribution in [0.25, 0.3) is 21.9 Å². The minimum absolute atomic E-state index is 0.0335. The number of benzene rings is 2. The fourth-order valence-corrected chi connectivity index (χ4v) is 3.93. The van der Waals surface area contributed by atoms with Crippen LogP contribution in [0.4, 0.5) is 27.5 Å². The first-order chi connectivity index (χ1) is 18.5. The van der Waals surface area contributed by atoms with Crippen LogP contribution in [-0.2, 0) is 20.8 Å². The zero-order valence-electron chi connectivity index (χ0n) is 20.5. The third-order valence-corrected chi connectivity index (χ3v) is 5.69. The first-order valence-corrected chi connectivity index (χ1v) is 11.7. The molecule has 194 valence electrons. The Morgan fingerprint density at radius 2 is 1.97 bits per heavy atom. The zero-order chi connectivity index (χ0) is 26.6. The number of methoxy groups -OCH3 is 1. The van der Waals surface area contributed by atoms with Gasteiger partial charge >= 0.3 is 11.9 Å². The van der Waals surface area contributed by atoms with Gasteiger partial charge in [-0.05, 0) is 37.3 Å². The lowest BCUT2D eigenvalue weighted by Gasteiger charge is -2.10. The van der Waals surface area contributed by atoms with Crippen LogP contribution in [0.5, 0.6) is 0 Å². The van der Waals surface area contributed by atoms with Gasteiger partial charge in [0.05, 0.1) is 44.6 Å². The van der Waals surface area contributed by atoms with Crippen molar-refractivity contribution in [1.82, 2.24) is 19.7 Å². The van der Waals surface area contributed by atoms with Gasteiger partial charge in [-0.15, -0.1) is 0 Å². The fourth-order valence-electron chi connectivity index (χ4n) is 3.93. The number of aryl methyl sites for hydroxylation is 1. The summed E-state index contributed by atoms with van der Waals surface area (Å²) in [5, 5.41) is 11.7. The van der Waals surface area contributed by atoms with Gasteiger partial charge in [-0.1, -0.05) is 12.1 Å². The van der Waals surface area contributed by atoms with Crippen molar-refractivity contribution in [3.63, 3.8) is 0 Å². The van der Waals surface area contributed by atoms with Crippen molar-refractivity contribution in [1.29, 1.82) is 0 Å². The van der Waals surface area contributed by atoms with Crippen LogP contribution in [0.15, 0.2) is 59.3 Å². The van der Waals surface area contributed by atoms with Crippen LogP contribution < -0.4 is 10.6 Å². The highest BCUT2D eigenvalue weighted by molar-refractivity contribution is 6.05. The largest absolute Gasteiger partial charge is 0.466 e. The van der Waals surface area contributed by atoms with Crippen LogP contribution in [0.3, 0.4) is 0 Å². The number of hydrogen-bond donors (Lipinski definition) is 2. The Hall–Kier alpha value is -5.00. The molecule has 0 saturated carbocycles. The highest BCUT2D eigenvalue weighted by Gasteiger charge is 2.22. The molecule has 3 aromatic heterocycles.